The van der Waals surface area contributed by atoms with E-state index in [0.29, 0.717) is 42.9 Å². The fourth-order valence-electron chi connectivity index (χ4n) is 8.23. The Labute approximate surface area is 236 Å². The Bertz CT molecular complexity index is 1420. The highest BCUT2D eigenvalue weighted by molar-refractivity contribution is 5.92. The number of carbonyl (C=O) groups is 1. The number of phenols is 1. The maximum absolute atomic E-state index is 13.6. The Morgan fingerprint density at radius 1 is 1.22 bits per heavy atom. The molecular weight excluding hydrogens is 537 g/mol. The number of nitrogens with zero attached hydrogens (tertiary/aromatic N) is 2. The molecule has 2 saturated carbocycles. The van der Waals surface area contributed by atoms with Gasteiger partial charge in [-0.3, -0.25) is 9.69 Å². The summed E-state index contributed by atoms with van der Waals surface area (Å²) in [6.07, 6.45) is 2.47. The Morgan fingerprint density at radius 2 is 2.02 bits per heavy atom. The molecule has 41 heavy (non-hydrogen) atoms. The molecule has 7 rings (SSSR count). The number of rotatable bonds is 6. The van der Waals surface area contributed by atoms with Crippen molar-refractivity contribution in [2.75, 3.05) is 20.1 Å². The summed E-state index contributed by atoms with van der Waals surface area (Å²) in [5.41, 5.74) is 0.316. The van der Waals surface area contributed by atoms with Gasteiger partial charge in [0.2, 0.25) is 5.91 Å². The third-order valence-electron chi connectivity index (χ3n) is 10.1. The molecule has 1 saturated heterocycles. The summed E-state index contributed by atoms with van der Waals surface area (Å²) in [4.78, 5) is 17.6. The molecule has 0 radical (unpaired) electrons. The highest BCUT2D eigenvalue weighted by Crippen LogP contribution is 2.66. The van der Waals surface area contributed by atoms with Crippen LogP contribution < -0.4 is 9.47 Å². The third kappa shape index (κ3) is 4.05. The van der Waals surface area contributed by atoms with E-state index in [1.165, 1.54) is 43.2 Å². The lowest BCUT2D eigenvalue weighted by atomic mass is 9.47. The minimum absolute atomic E-state index is 0.0781. The molecule has 2 N–H and O–H groups in total. The molecule has 1 amide bonds. The molecule has 2 aromatic carbocycles. The molecule has 0 aromatic heterocycles. The number of aromatic hydroxyl groups is 1. The first-order valence-electron chi connectivity index (χ1n) is 14.3. The summed E-state index contributed by atoms with van der Waals surface area (Å²) < 4.78 is 48.4. The molecule has 3 aliphatic carbocycles. The minimum atomic E-state index is -4.81. The van der Waals surface area contributed by atoms with Crippen molar-refractivity contribution in [2.24, 2.45) is 5.92 Å². The molecule has 2 heterocycles. The number of hydrogen-bond donors (Lipinski definition) is 2. The van der Waals surface area contributed by atoms with Crippen LogP contribution in [-0.4, -0.2) is 76.2 Å². The first-order valence-corrected chi connectivity index (χ1v) is 14.3. The SMILES string of the molecule is CN(C(=O)C=Cc1cccc(OC(F)(F)F)c1)[C@H]1CC[C@@H]2Oc3c(O)ccc4c3[C@@]23CCN(CC2CC2)[C@H](C4)[C@]13O. The number of ether oxygens (including phenoxy) is 2. The van der Waals surface area contributed by atoms with Gasteiger partial charge in [-0.05, 0) is 86.4 Å². The van der Waals surface area contributed by atoms with Crippen LogP contribution in [0.4, 0.5) is 13.2 Å². The number of hydrogen-bond acceptors (Lipinski definition) is 6. The van der Waals surface area contributed by atoms with Gasteiger partial charge in [0.05, 0.1) is 11.5 Å². The van der Waals surface area contributed by atoms with Gasteiger partial charge in [-0.15, -0.1) is 13.2 Å². The topological polar surface area (TPSA) is 82.5 Å². The van der Waals surface area contributed by atoms with Crippen LogP contribution in [0.15, 0.2) is 42.5 Å². The molecule has 5 atom stereocenters. The lowest BCUT2D eigenvalue weighted by molar-refractivity contribution is -0.274. The van der Waals surface area contributed by atoms with Crippen molar-refractivity contribution in [2.45, 2.75) is 74.1 Å². The van der Waals surface area contributed by atoms with E-state index < -0.39 is 23.4 Å². The number of likely N-dealkylation sites (N-methyl/N-ethyl adjacent to an activating group) is 1. The summed E-state index contributed by atoms with van der Waals surface area (Å²) >= 11 is 0. The summed E-state index contributed by atoms with van der Waals surface area (Å²) in [6, 6.07) is 8.34. The number of phenolic OH excluding ortho intramolecular Hbond substituents is 1. The lowest BCUT2D eigenvalue weighted by Crippen LogP contribution is -2.81. The number of likely N-dealkylation sites (tertiary alicyclic amines) is 1. The monoisotopic (exact) mass is 570 g/mol. The van der Waals surface area contributed by atoms with E-state index in [4.69, 9.17) is 4.74 Å². The van der Waals surface area contributed by atoms with Gasteiger partial charge in [-0.2, -0.15) is 0 Å². The second-order valence-corrected chi connectivity index (χ2v) is 12.3. The predicted molar refractivity (Wildman–Crippen MR) is 144 cm³/mol. The maximum atomic E-state index is 13.6. The standard InChI is InChI=1S/C31H33F3N2O5/c1-35(26(38)12-7-18-3-2-4-21(15-18)41-31(32,33)34)23-10-11-25-29-13-14-36(17-19-5-6-19)24(30(23,29)39)16-20-8-9-22(37)28(40-25)27(20)29/h2-4,7-9,12,15,19,23-25,37,39H,5-6,10-11,13-14,16-17H2,1H3/t23-,24+,25-,29+,30+/m0/s1. The Morgan fingerprint density at radius 3 is 2.78 bits per heavy atom. The average Bonchev–Trinajstić information content (AvgIpc) is 3.66. The second kappa shape index (κ2) is 9.13. The summed E-state index contributed by atoms with van der Waals surface area (Å²) in [7, 11) is 1.69. The number of piperidine rings is 1. The van der Waals surface area contributed by atoms with E-state index in [1.54, 1.807) is 24.1 Å². The predicted octanol–water partition coefficient (Wildman–Crippen LogP) is 4.40. The van der Waals surface area contributed by atoms with Crippen LogP contribution in [0.1, 0.15) is 48.8 Å². The molecule has 1 spiro atoms. The maximum Gasteiger partial charge on any atom is 0.573 e. The van der Waals surface area contributed by atoms with Gasteiger partial charge >= 0.3 is 6.36 Å². The molecule has 2 aliphatic heterocycles. The number of amides is 1. The Hall–Kier alpha value is -3.24. The zero-order valence-electron chi connectivity index (χ0n) is 22.7. The van der Waals surface area contributed by atoms with Crippen molar-refractivity contribution >= 4 is 12.0 Å². The Balaban J connectivity index is 1.23. The van der Waals surface area contributed by atoms with Crippen molar-refractivity contribution in [1.29, 1.82) is 0 Å². The van der Waals surface area contributed by atoms with Gasteiger partial charge in [0.1, 0.15) is 17.5 Å². The fourth-order valence-corrected chi connectivity index (χ4v) is 8.23. The molecule has 2 aromatic rings. The van der Waals surface area contributed by atoms with E-state index in [1.807, 2.05) is 6.07 Å². The van der Waals surface area contributed by atoms with Gasteiger partial charge in [-0.25, -0.2) is 0 Å². The molecule has 5 aliphatic rings. The van der Waals surface area contributed by atoms with Crippen LogP contribution in [-0.2, 0) is 16.6 Å². The van der Waals surface area contributed by atoms with E-state index >= 15 is 0 Å². The highest BCUT2D eigenvalue weighted by atomic mass is 19.4. The minimum Gasteiger partial charge on any atom is -0.504 e. The van der Waals surface area contributed by atoms with Crippen LogP contribution in [0.25, 0.3) is 6.08 Å². The van der Waals surface area contributed by atoms with Crippen molar-refractivity contribution < 1.29 is 37.7 Å². The molecule has 10 heteroatoms. The van der Waals surface area contributed by atoms with Crippen LogP contribution in [0, 0.1) is 5.92 Å². The van der Waals surface area contributed by atoms with Gasteiger partial charge < -0.3 is 24.6 Å². The number of alkyl halides is 3. The molecule has 0 unspecified atom stereocenters. The zero-order chi connectivity index (χ0) is 28.7. The van der Waals surface area contributed by atoms with Crippen molar-refractivity contribution in [3.8, 4) is 17.2 Å². The van der Waals surface area contributed by atoms with E-state index in [2.05, 4.69) is 9.64 Å². The quantitative estimate of drug-likeness (QED) is 0.502. The van der Waals surface area contributed by atoms with Gasteiger partial charge in [0.15, 0.2) is 11.5 Å². The highest BCUT2D eigenvalue weighted by Gasteiger charge is 2.74. The van der Waals surface area contributed by atoms with Gasteiger partial charge in [-0.1, -0.05) is 18.2 Å². The number of benzene rings is 2. The smallest absolute Gasteiger partial charge is 0.504 e. The molecule has 218 valence electrons. The van der Waals surface area contributed by atoms with Gasteiger partial charge in [0.25, 0.3) is 0 Å². The first kappa shape index (κ1) is 26.6. The first-order chi connectivity index (χ1) is 19.5. The summed E-state index contributed by atoms with van der Waals surface area (Å²) in [6.45, 7) is 1.73. The van der Waals surface area contributed by atoms with E-state index in [0.717, 1.165) is 24.2 Å². The Kier molecular flexibility index (Phi) is 5.93. The molecule has 3 fully saturated rings. The van der Waals surface area contributed by atoms with Crippen molar-refractivity contribution in [1.82, 2.24) is 9.80 Å². The fraction of sp³-hybridized carbons (Fsp3) is 0.516. The molecule has 2 bridgehead atoms. The normalized spacial score (nSPS) is 32.0. The molecule has 7 nitrogen and oxygen atoms in total. The van der Waals surface area contributed by atoms with Crippen LogP contribution in [0.5, 0.6) is 17.2 Å². The number of carbonyl (C=O) groups excluding carboxylic acids is 1. The summed E-state index contributed by atoms with van der Waals surface area (Å²) in [5.74, 6) is 0.455. The summed E-state index contributed by atoms with van der Waals surface area (Å²) in [5, 5.41) is 23.8. The second-order valence-electron chi connectivity index (χ2n) is 12.3. The number of aliphatic hydroxyl groups is 1. The lowest BCUT2D eigenvalue weighted by Gasteiger charge is -2.66. The third-order valence-corrected chi connectivity index (χ3v) is 10.1. The van der Waals surface area contributed by atoms with Crippen LogP contribution in [0.2, 0.25) is 0 Å². The van der Waals surface area contributed by atoms with Gasteiger partial charge in [0, 0.05) is 31.3 Å². The van der Waals surface area contributed by atoms with Crippen LogP contribution in [0.3, 0.4) is 0 Å². The molecular formula is C31H33F3N2O5. The van der Waals surface area contributed by atoms with E-state index in [-0.39, 0.29) is 29.6 Å². The number of halogens is 3. The van der Waals surface area contributed by atoms with E-state index in [9.17, 15) is 28.2 Å². The van der Waals surface area contributed by atoms with Crippen LogP contribution >= 0.6 is 0 Å². The largest absolute Gasteiger partial charge is 0.573 e. The van der Waals surface area contributed by atoms with Crippen molar-refractivity contribution in [3.63, 3.8) is 0 Å². The zero-order valence-corrected chi connectivity index (χ0v) is 22.7. The average molecular weight is 571 g/mol. The van der Waals surface area contributed by atoms with Crippen molar-refractivity contribution in [3.05, 3.63) is 59.2 Å².